The number of amides is 1. The van der Waals surface area contributed by atoms with Crippen LogP contribution in [-0.4, -0.2) is 33.8 Å². The van der Waals surface area contributed by atoms with Gasteiger partial charge in [0.05, 0.1) is 17.7 Å². The number of amidine groups is 1. The van der Waals surface area contributed by atoms with Crippen molar-refractivity contribution >= 4 is 35.3 Å². The summed E-state index contributed by atoms with van der Waals surface area (Å²) < 4.78 is 0. The molecule has 0 aromatic heterocycles. The third-order valence-corrected chi connectivity index (χ3v) is 5.57. The average molecular weight is 413 g/mol. The van der Waals surface area contributed by atoms with Crippen LogP contribution in [0.5, 0.6) is 0 Å². The number of hydrogen-bond acceptors (Lipinski definition) is 5. The molecule has 0 bridgehead atoms. The highest BCUT2D eigenvalue weighted by atomic mass is 32.2. The molecule has 3 aromatic rings. The van der Waals surface area contributed by atoms with Gasteiger partial charge in [0.25, 0.3) is 5.91 Å². The maximum atomic E-state index is 13.0. The minimum Gasteiger partial charge on any atom is -0.271 e. The topological polar surface area (TPSA) is 57.4 Å². The highest BCUT2D eigenvalue weighted by molar-refractivity contribution is 8.15. The van der Waals surface area contributed by atoms with Crippen LogP contribution in [0, 0.1) is 0 Å². The Bertz CT molecular complexity index is 1070. The Hall–Kier alpha value is -3.51. The predicted molar refractivity (Wildman–Crippen MR) is 124 cm³/mol. The van der Waals surface area contributed by atoms with Gasteiger partial charge in [-0.2, -0.15) is 15.2 Å². The summed E-state index contributed by atoms with van der Waals surface area (Å²) >= 11 is 1.39. The summed E-state index contributed by atoms with van der Waals surface area (Å²) in [5, 5.41) is 14.4. The van der Waals surface area contributed by atoms with Gasteiger partial charge in [0.2, 0.25) is 5.17 Å². The molecule has 5 nitrogen and oxygen atoms in total. The number of hydrazone groups is 1. The van der Waals surface area contributed by atoms with E-state index in [4.69, 9.17) is 0 Å². The molecule has 1 aliphatic heterocycles. The molecular weight excluding hydrogens is 392 g/mol. The number of carbonyl (C=O) groups excluding carboxylic acids is 1. The molecular formula is C24H20N4OS. The average Bonchev–Trinajstić information content (AvgIpc) is 3.08. The van der Waals surface area contributed by atoms with Crippen molar-refractivity contribution < 1.29 is 4.79 Å². The normalized spacial score (nSPS) is 18.1. The molecule has 0 unspecified atom stereocenters. The lowest BCUT2D eigenvalue weighted by atomic mass is 10.1. The van der Waals surface area contributed by atoms with Crippen molar-refractivity contribution in [1.82, 2.24) is 5.01 Å². The molecule has 0 saturated carbocycles. The van der Waals surface area contributed by atoms with E-state index >= 15 is 0 Å². The first-order valence-corrected chi connectivity index (χ1v) is 10.5. The summed E-state index contributed by atoms with van der Waals surface area (Å²) in [6.45, 7) is 0. The van der Waals surface area contributed by atoms with Crippen molar-refractivity contribution in [3.8, 4) is 0 Å². The van der Waals surface area contributed by atoms with Gasteiger partial charge in [-0.3, -0.25) is 4.79 Å². The van der Waals surface area contributed by atoms with Gasteiger partial charge in [0.1, 0.15) is 0 Å². The fourth-order valence-corrected chi connectivity index (χ4v) is 4.00. The van der Waals surface area contributed by atoms with E-state index in [2.05, 4.69) is 15.3 Å². The van der Waals surface area contributed by atoms with Crippen molar-refractivity contribution in [2.45, 2.75) is 11.7 Å². The van der Waals surface area contributed by atoms with E-state index in [0.717, 1.165) is 16.7 Å². The quantitative estimate of drug-likeness (QED) is 0.439. The van der Waals surface area contributed by atoms with E-state index in [0.29, 0.717) is 11.6 Å². The summed E-state index contributed by atoms with van der Waals surface area (Å²) in [7, 11) is 0. The molecule has 1 aliphatic rings. The van der Waals surface area contributed by atoms with Crippen molar-refractivity contribution in [2.24, 2.45) is 15.3 Å². The molecule has 4 rings (SSSR count). The van der Waals surface area contributed by atoms with Crippen molar-refractivity contribution in [1.29, 1.82) is 0 Å². The third kappa shape index (κ3) is 5.10. The molecule has 3 aromatic carbocycles. The highest BCUT2D eigenvalue weighted by Gasteiger charge is 2.38. The van der Waals surface area contributed by atoms with Gasteiger partial charge >= 0.3 is 0 Å². The van der Waals surface area contributed by atoms with E-state index in [1.165, 1.54) is 16.8 Å². The molecule has 0 spiro atoms. The van der Waals surface area contributed by atoms with Crippen LogP contribution in [0.2, 0.25) is 0 Å². The lowest BCUT2D eigenvalue weighted by Gasteiger charge is -2.09. The smallest absolute Gasteiger partial charge is 0.263 e. The standard InChI is InChI=1S/C24H20N4OS/c29-23-22(16-19-10-4-1-5-11-19)30-24(27-25-17-20-12-6-2-7-13-20)28(23)26-18-21-14-8-3-9-15-21/h1-15,17-18,22H,16H2/b25-17-,26-18-,27-24+/t22-/m0/s1. The first-order chi connectivity index (χ1) is 14.8. The number of thioether (sulfide) groups is 1. The molecule has 0 aliphatic carbocycles. The largest absolute Gasteiger partial charge is 0.271 e. The lowest BCUT2D eigenvalue weighted by molar-refractivity contribution is -0.126. The molecule has 1 atom stereocenters. The highest BCUT2D eigenvalue weighted by Crippen LogP contribution is 2.30. The third-order valence-electron chi connectivity index (χ3n) is 4.45. The molecule has 148 valence electrons. The van der Waals surface area contributed by atoms with Crippen LogP contribution in [0.3, 0.4) is 0 Å². The fraction of sp³-hybridized carbons (Fsp3) is 0.0833. The monoisotopic (exact) mass is 412 g/mol. The summed E-state index contributed by atoms with van der Waals surface area (Å²) in [5.41, 5.74) is 2.95. The SMILES string of the molecule is O=C1[C@H](Cc2ccccc2)S/C(=N/N=C\c2ccccc2)N1/N=C\c1ccccc1. The Morgan fingerprint density at radius 3 is 2.00 bits per heavy atom. The molecule has 1 amide bonds. The minimum atomic E-state index is -0.286. The van der Waals surface area contributed by atoms with Crippen LogP contribution in [0.1, 0.15) is 16.7 Å². The van der Waals surface area contributed by atoms with E-state index in [1.807, 2.05) is 91.0 Å². The number of nitrogens with zero attached hydrogens (tertiary/aromatic N) is 4. The Labute approximate surface area is 179 Å². The molecule has 30 heavy (non-hydrogen) atoms. The second-order valence-corrected chi connectivity index (χ2v) is 7.81. The van der Waals surface area contributed by atoms with Gasteiger partial charge in [-0.1, -0.05) is 103 Å². The summed E-state index contributed by atoms with van der Waals surface area (Å²) in [5.74, 6) is -0.0929. The number of hydrogen-bond donors (Lipinski definition) is 0. The van der Waals surface area contributed by atoms with E-state index < -0.39 is 0 Å². The van der Waals surface area contributed by atoms with Crippen LogP contribution < -0.4 is 0 Å². The first kappa shape index (κ1) is 19.8. The predicted octanol–water partition coefficient (Wildman–Crippen LogP) is 4.60. The molecule has 6 heteroatoms. The second-order valence-electron chi connectivity index (χ2n) is 6.64. The number of rotatable bonds is 6. The lowest BCUT2D eigenvalue weighted by Crippen LogP contribution is -2.28. The van der Waals surface area contributed by atoms with E-state index in [-0.39, 0.29) is 11.2 Å². The van der Waals surface area contributed by atoms with Crippen LogP contribution in [0.25, 0.3) is 0 Å². The molecule has 0 radical (unpaired) electrons. The van der Waals surface area contributed by atoms with Gasteiger partial charge in [-0.25, -0.2) is 0 Å². The van der Waals surface area contributed by atoms with Crippen molar-refractivity contribution in [3.05, 3.63) is 108 Å². The van der Waals surface area contributed by atoms with Crippen LogP contribution in [-0.2, 0) is 11.2 Å². The van der Waals surface area contributed by atoms with Crippen molar-refractivity contribution in [2.75, 3.05) is 0 Å². The zero-order valence-electron chi connectivity index (χ0n) is 16.2. The Morgan fingerprint density at radius 2 is 1.37 bits per heavy atom. The number of carbonyl (C=O) groups is 1. The summed E-state index contributed by atoms with van der Waals surface area (Å²) in [6.07, 6.45) is 3.95. The van der Waals surface area contributed by atoms with Crippen LogP contribution in [0.4, 0.5) is 0 Å². The van der Waals surface area contributed by atoms with E-state index in [1.54, 1.807) is 12.4 Å². The maximum absolute atomic E-state index is 13.0. The Kier molecular flexibility index (Phi) is 6.47. The summed E-state index contributed by atoms with van der Waals surface area (Å²) in [4.78, 5) is 13.0. The Balaban J connectivity index is 1.57. The molecule has 0 N–H and O–H groups in total. The van der Waals surface area contributed by atoms with Gasteiger partial charge in [-0.15, -0.1) is 5.10 Å². The van der Waals surface area contributed by atoms with Crippen molar-refractivity contribution in [3.63, 3.8) is 0 Å². The zero-order chi connectivity index (χ0) is 20.6. The van der Waals surface area contributed by atoms with Gasteiger partial charge < -0.3 is 0 Å². The van der Waals surface area contributed by atoms with Gasteiger partial charge in [0.15, 0.2) is 0 Å². The Morgan fingerprint density at radius 1 is 0.800 bits per heavy atom. The molecule has 1 saturated heterocycles. The molecule has 1 fully saturated rings. The number of benzene rings is 3. The van der Waals surface area contributed by atoms with Crippen LogP contribution in [0.15, 0.2) is 106 Å². The summed E-state index contributed by atoms with van der Waals surface area (Å²) in [6, 6.07) is 29.3. The zero-order valence-corrected chi connectivity index (χ0v) is 17.0. The minimum absolute atomic E-state index is 0.0929. The van der Waals surface area contributed by atoms with E-state index in [9.17, 15) is 4.79 Å². The van der Waals surface area contributed by atoms with Crippen LogP contribution >= 0.6 is 11.8 Å². The maximum Gasteiger partial charge on any atom is 0.263 e. The van der Waals surface area contributed by atoms with Gasteiger partial charge in [0, 0.05) is 0 Å². The first-order valence-electron chi connectivity index (χ1n) is 9.59. The molecule has 1 heterocycles. The second kappa shape index (κ2) is 9.80. The fourth-order valence-electron chi connectivity index (χ4n) is 2.94. The van der Waals surface area contributed by atoms with Gasteiger partial charge in [-0.05, 0) is 23.1 Å².